The highest BCUT2D eigenvalue weighted by Crippen LogP contribution is 2.39. The highest BCUT2D eigenvalue weighted by atomic mass is 16.4. The molecule has 6 aliphatic rings. The average Bonchev–Trinajstić information content (AvgIpc) is 1.67. The van der Waals surface area contributed by atoms with Crippen LogP contribution in [0.2, 0.25) is 0 Å². The molecule has 650 valence electrons. The number of carbonyl (C=O) groups excluding carboxylic acids is 9. The van der Waals surface area contributed by atoms with E-state index in [4.69, 9.17) is 22.3 Å². The predicted octanol–water partition coefficient (Wildman–Crippen LogP) is 20.9. The first-order valence-corrected chi connectivity index (χ1v) is 43.5. The van der Waals surface area contributed by atoms with Gasteiger partial charge < -0.3 is 43.4 Å². The summed E-state index contributed by atoms with van der Waals surface area (Å²) in [6, 6.07) is 105. The summed E-state index contributed by atoms with van der Waals surface area (Å²) in [7, 11) is 0. The lowest BCUT2D eigenvalue weighted by atomic mass is 9.94. The van der Waals surface area contributed by atoms with Crippen LogP contribution in [0, 0.1) is 17.8 Å². The zero-order chi connectivity index (χ0) is 91.6. The van der Waals surface area contributed by atoms with E-state index < -0.39 is 12.1 Å². The Kier molecular flexibility index (Phi) is 28.4. The van der Waals surface area contributed by atoms with Gasteiger partial charge in [-0.3, -0.25) is 43.2 Å². The molecule has 0 spiro atoms. The number of nitrogen functional groups attached to an aromatic ring is 3. The molecule has 14 aromatic carbocycles. The van der Waals surface area contributed by atoms with Gasteiger partial charge in [0.15, 0.2) is 34.7 Å². The molecule has 18 nitrogen and oxygen atoms in total. The molecule has 0 saturated heterocycles. The number of aryl methyl sites for hydroxylation is 1. The number of carboxylic acid groups (broad SMARTS) is 1. The van der Waals surface area contributed by atoms with Gasteiger partial charge in [0, 0.05) is 92.3 Å². The number of hydrogen-bond acceptors (Lipinski definition) is 14. The molecule has 0 aliphatic heterocycles. The fraction of sp³-hybridized carbons (Fsp3) is 0.133. The minimum Gasteiger partial charge on any atom is -0.478 e. The Labute approximate surface area is 759 Å². The molecule has 18 heteroatoms. The van der Waals surface area contributed by atoms with Crippen LogP contribution >= 0.6 is 0 Å². The summed E-state index contributed by atoms with van der Waals surface area (Å²) in [4.78, 5) is 120. The van der Waals surface area contributed by atoms with Crippen LogP contribution in [0.3, 0.4) is 0 Å². The van der Waals surface area contributed by atoms with Crippen molar-refractivity contribution >= 4 is 105 Å². The minimum atomic E-state index is -0.950. The number of nitrogens with one attached hydrogen (secondary N) is 3. The Morgan fingerprint density at radius 3 is 1.04 bits per heavy atom. The molecular formula is C113H96N6O12. The zero-order valence-corrected chi connectivity index (χ0v) is 72.1. The minimum absolute atomic E-state index is 0.0220. The van der Waals surface area contributed by atoms with Gasteiger partial charge in [-0.15, -0.1) is 0 Å². The second-order valence-electron chi connectivity index (χ2n) is 33.1. The number of aliphatic hydroxyl groups excluding tert-OH is 1. The normalized spacial score (nSPS) is 16.0. The zero-order valence-electron chi connectivity index (χ0n) is 72.1. The molecule has 0 heterocycles. The van der Waals surface area contributed by atoms with Crippen molar-refractivity contribution in [3.8, 4) is 0 Å². The molecule has 11 N–H and O–H groups in total. The Hall–Kier alpha value is -16.2. The summed E-state index contributed by atoms with van der Waals surface area (Å²) >= 11 is 0. The van der Waals surface area contributed by atoms with Crippen molar-refractivity contribution in [1.29, 1.82) is 0 Å². The number of anilines is 6. The molecule has 4 unspecified atom stereocenters. The van der Waals surface area contributed by atoms with Gasteiger partial charge in [-0.25, -0.2) is 4.79 Å². The number of para-hydroxylation sites is 6. The molecule has 6 aliphatic carbocycles. The summed E-state index contributed by atoms with van der Waals surface area (Å²) in [5.41, 5.74) is 42.2. The summed E-state index contributed by atoms with van der Waals surface area (Å²) in [6.07, 6.45) is 10.9. The maximum absolute atomic E-state index is 12.5. The third kappa shape index (κ3) is 22.1. The number of allylic oxidation sites excluding steroid dienone is 2. The smallest absolute Gasteiger partial charge is 0.335 e. The lowest BCUT2D eigenvalue weighted by Gasteiger charge is -2.15. The topological polar surface area (TPSA) is 325 Å². The van der Waals surface area contributed by atoms with Crippen LogP contribution in [-0.2, 0) is 57.8 Å². The average molecular weight is 1730 g/mol. The quantitative estimate of drug-likeness (QED) is 0.0253. The third-order valence-electron chi connectivity index (χ3n) is 24.2. The largest absolute Gasteiger partial charge is 0.478 e. The highest BCUT2D eigenvalue weighted by molar-refractivity contribution is 6.17. The monoisotopic (exact) mass is 1730 g/mol. The number of nitrogens with two attached hydrogens (primary N) is 3. The van der Waals surface area contributed by atoms with Crippen molar-refractivity contribution in [2.24, 2.45) is 17.8 Å². The second-order valence-corrected chi connectivity index (χ2v) is 33.1. The molecular weight excluding hydrogens is 1630 g/mol. The fourth-order valence-electron chi connectivity index (χ4n) is 17.1. The van der Waals surface area contributed by atoms with Crippen LogP contribution < -0.4 is 33.2 Å². The van der Waals surface area contributed by atoms with Crippen LogP contribution in [0.4, 0.5) is 34.1 Å². The first-order valence-electron chi connectivity index (χ1n) is 43.5. The van der Waals surface area contributed by atoms with E-state index in [-0.39, 0.29) is 70.0 Å². The SMILES string of the molecule is CC(=O)c1ccc(CC2Cc3ccccc3C2=O)cc1.Nc1ccccc1NC(=O)c1ccc(/C=C2/Cc3ccccc3C2=O)cc1.Nc1ccccc1NC(=O)c1ccc(CC2Cc3ccccc3C2=O)cc1.Nc1ccccc1NC(=O)c1ccc(CC2Cc3ccccc3C2O)cc1.O=C(O)c1ccc(/C=C2/Cc3ccccc3C2=O)cc1.O=C1CCc2ccccc21. The standard InChI is InChI=1S/C23H22N2O2.C23H20N2O2.C23H18N2O2.C18H16O2.C17H12O3.C9H8O/c3*24-20-7-3-4-8-21(20)25-23(27)16-11-9-15(10-12-16)13-18-14-17-5-1-2-6-19(17)22(18)26;1-12(19)14-8-6-13(7-9-14)10-16-11-15-4-2-3-5-17(15)18(16)20;18-16-14(10-13-3-1-2-4-15(13)16)9-11-5-7-12(8-6-11)17(19)20;10-9-6-5-7-3-1-2-4-8(7)9/h1-12,18,22,26H,13-14,24H2,(H,25,27);1-12,18H,13-14,24H2,(H,25,27);1-13H,14,24H2,(H,25,27);2-9,16H,10-11H2,1H3;1-9H,10H2,(H,19,20);1-4H,5-6H2/b;;18-13-;;14-9-;. The number of aliphatic hydroxyl groups is 1. The molecule has 0 bridgehead atoms. The van der Waals surface area contributed by atoms with Gasteiger partial charge in [-0.05, 0) is 222 Å². The molecule has 4 atom stereocenters. The number of hydrogen-bond donors (Lipinski definition) is 8. The van der Waals surface area contributed by atoms with E-state index in [9.17, 15) is 53.1 Å². The van der Waals surface area contributed by atoms with Crippen LogP contribution in [-0.4, -0.2) is 68.6 Å². The van der Waals surface area contributed by atoms with E-state index in [1.807, 2.05) is 261 Å². The summed E-state index contributed by atoms with van der Waals surface area (Å²) < 4.78 is 0. The number of rotatable bonds is 16. The summed E-state index contributed by atoms with van der Waals surface area (Å²) in [5, 5.41) is 27.9. The number of carbonyl (C=O) groups is 10. The number of ketones is 6. The number of benzene rings is 14. The molecule has 3 amide bonds. The molecule has 0 radical (unpaired) electrons. The predicted molar refractivity (Wildman–Crippen MR) is 515 cm³/mol. The summed E-state index contributed by atoms with van der Waals surface area (Å²) in [6.45, 7) is 1.56. The summed E-state index contributed by atoms with van der Waals surface area (Å²) in [5.74, 6) is -0.413. The third-order valence-corrected chi connectivity index (χ3v) is 24.2. The second kappa shape index (κ2) is 41.5. The molecule has 0 fully saturated rings. The molecule has 20 rings (SSSR count). The van der Waals surface area contributed by atoms with Crippen molar-refractivity contribution in [2.45, 2.75) is 77.2 Å². The van der Waals surface area contributed by atoms with Crippen molar-refractivity contribution < 1.29 is 58.2 Å². The first-order chi connectivity index (χ1) is 63.5. The van der Waals surface area contributed by atoms with E-state index in [1.165, 1.54) is 11.1 Å². The van der Waals surface area contributed by atoms with Crippen molar-refractivity contribution in [2.75, 3.05) is 33.2 Å². The Balaban J connectivity index is 0.000000123. The van der Waals surface area contributed by atoms with E-state index in [2.05, 4.69) is 22.0 Å². The van der Waals surface area contributed by atoms with E-state index in [1.54, 1.807) is 91.9 Å². The Morgan fingerprint density at radius 1 is 0.336 bits per heavy atom. The van der Waals surface area contributed by atoms with Gasteiger partial charge in [0.05, 0.1) is 45.8 Å². The maximum Gasteiger partial charge on any atom is 0.335 e. The van der Waals surface area contributed by atoms with E-state index in [0.29, 0.717) is 82.3 Å². The van der Waals surface area contributed by atoms with Gasteiger partial charge in [0.1, 0.15) is 0 Å². The van der Waals surface area contributed by atoms with Crippen LogP contribution in [0.5, 0.6) is 0 Å². The molecule has 0 aromatic heterocycles. The number of Topliss-reactive ketones (excluding diaryl/α,β-unsaturated/α-hetero) is 6. The Bertz CT molecular complexity index is 6750. The maximum atomic E-state index is 12.5. The first kappa shape index (κ1) is 89.6. The van der Waals surface area contributed by atoms with E-state index >= 15 is 0 Å². The van der Waals surface area contributed by atoms with Gasteiger partial charge in [0.25, 0.3) is 17.7 Å². The van der Waals surface area contributed by atoms with Gasteiger partial charge >= 0.3 is 5.97 Å². The van der Waals surface area contributed by atoms with Gasteiger partial charge in [-0.2, -0.15) is 0 Å². The number of amides is 3. The van der Waals surface area contributed by atoms with Crippen molar-refractivity contribution in [1.82, 2.24) is 0 Å². The molecule has 131 heavy (non-hydrogen) atoms. The number of aromatic carboxylic acids is 1. The van der Waals surface area contributed by atoms with Crippen molar-refractivity contribution in [3.63, 3.8) is 0 Å². The van der Waals surface area contributed by atoms with Gasteiger partial charge in [-0.1, -0.05) is 255 Å². The van der Waals surface area contributed by atoms with Crippen LogP contribution in [0.15, 0.2) is 351 Å². The molecule has 0 saturated carbocycles. The van der Waals surface area contributed by atoms with Crippen molar-refractivity contribution in [3.05, 3.63) is 473 Å². The number of fused-ring (bicyclic) bond motifs is 6. The lowest BCUT2D eigenvalue weighted by Crippen LogP contribution is -2.14. The fourth-order valence-corrected chi connectivity index (χ4v) is 17.1. The highest BCUT2D eigenvalue weighted by Gasteiger charge is 2.34. The lowest BCUT2D eigenvalue weighted by molar-refractivity contribution is 0.0694. The van der Waals surface area contributed by atoms with Gasteiger partial charge in [0.2, 0.25) is 0 Å². The number of carboxylic acids is 1. The van der Waals surface area contributed by atoms with Crippen LogP contribution in [0.25, 0.3) is 12.2 Å². The van der Waals surface area contributed by atoms with Crippen LogP contribution in [0.1, 0.15) is 190 Å². The molecule has 14 aromatic rings. The Morgan fingerprint density at radius 2 is 0.664 bits per heavy atom. The van der Waals surface area contributed by atoms with E-state index in [0.717, 1.165) is 139 Å².